The van der Waals surface area contributed by atoms with E-state index in [1.54, 1.807) is 6.07 Å². The maximum Gasteiger partial charge on any atom is 0.308 e. The Kier molecular flexibility index (Phi) is 6.67. The van der Waals surface area contributed by atoms with Gasteiger partial charge in [0, 0.05) is 38.5 Å². The number of hydrogen-bond donors (Lipinski definition) is 0. The molecule has 0 saturated carbocycles. The lowest BCUT2D eigenvalue weighted by atomic mass is 10.1. The Balaban J connectivity index is 2.27. The number of carbonyl (C=O) groups is 3. The van der Waals surface area contributed by atoms with Crippen LogP contribution in [0.2, 0.25) is 0 Å². The van der Waals surface area contributed by atoms with E-state index in [-0.39, 0.29) is 45.5 Å². The summed E-state index contributed by atoms with van der Waals surface area (Å²) >= 11 is 0. The molecule has 172 valence electrons. The molecule has 0 saturated heterocycles. The van der Waals surface area contributed by atoms with Crippen LogP contribution in [0.1, 0.15) is 20.8 Å². The van der Waals surface area contributed by atoms with Crippen LogP contribution >= 0.6 is 0 Å². The van der Waals surface area contributed by atoms with E-state index >= 15 is 0 Å². The number of fused-ring (bicyclic) bond motifs is 1. The normalized spacial score (nSPS) is 10.5. The van der Waals surface area contributed by atoms with Crippen molar-refractivity contribution in [3.05, 3.63) is 40.6 Å². The SMILES string of the molecule is COc1cc(-c2cc(=O)c3c(OC(C)=O)c(OC)c(OC(C)=O)cc3o2)ccc1OC(C)=O. The molecule has 33 heavy (non-hydrogen) atoms. The standard InChI is InChI=1S/C23H20O10/c1-11(24)30-16-7-6-14(8-18(16)28-4)17-9-15(27)21-19(33-17)10-20(31-12(2)25)22(29-5)23(21)32-13(3)26/h6-10H,1-5H3. The quantitative estimate of drug-likeness (QED) is 0.403. The first kappa shape index (κ1) is 23.3. The van der Waals surface area contributed by atoms with Crippen molar-refractivity contribution < 1.29 is 42.5 Å². The molecule has 1 aromatic heterocycles. The van der Waals surface area contributed by atoms with Crippen molar-refractivity contribution in [1.29, 1.82) is 0 Å². The number of ether oxygens (including phenoxy) is 5. The molecule has 0 atom stereocenters. The van der Waals surface area contributed by atoms with Crippen molar-refractivity contribution in [1.82, 2.24) is 0 Å². The lowest BCUT2D eigenvalue weighted by Gasteiger charge is -2.15. The van der Waals surface area contributed by atoms with Gasteiger partial charge in [-0.3, -0.25) is 19.2 Å². The molecule has 0 aliphatic heterocycles. The zero-order valence-corrected chi connectivity index (χ0v) is 18.5. The van der Waals surface area contributed by atoms with E-state index in [9.17, 15) is 19.2 Å². The average Bonchev–Trinajstić information content (AvgIpc) is 2.72. The van der Waals surface area contributed by atoms with E-state index < -0.39 is 23.3 Å². The van der Waals surface area contributed by atoms with E-state index in [2.05, 4.69) is 0 Å². The van der Waals surface area contributed by atoms with Crippen molar-refractivity contribution in [2.24, 2.45) is 0 Å². The van der Waals surface area contributed by atoms with E-state index in [4.69, 9.17) is 28.1 Å². The number of carbonyl (C=O) groups excluding carboxylic acids is 3. The predicted molar refractivity (Wildman–Crippen MR) is 115 cm³/mol. The van der Waals surface area contributed by atoms with Crippen molar-refractivity contribution in [2.45, 2.75) is 20.8 Å². The summed E-state index contributed by atoms with van der Waals surface area (Å²) in [6, 6.07) is 7.06. The van der Waals surface area contributed by atoms with Crippen LogP contribution in [-0.2, 0) is 14.4 Å². The van der Waals surface area contributed by atoms with Crippen LogP contribution in [0.3, 0.4) is 0 Å². The summed E-state index contributed by atoms with van der Waals surface area (Å²) in [5, 5.41) is -0.0785. The number of esters is 3. The summed E-state index contributed by atoms with van der Waals surface area (Å²) in [5.41, 5.74) is -0.132. The Morgan fingerprint density at radius 1 is 0.727 bits per heavy atom. The van der Waals surface area contributed by atoms with Crippen LogP contribution in [0.4, 0.5) is 0 Å². The van der Waals surface area contributed by atoms with Gasteiger partial charge in [0.05, 0.1) is 14.2 Å². The number of methoxy groups -OCH3 is 2. The fourth-order valence-corrected chi connectivity index (χ4v) is 3.11. The Hall–Kier alpha value is -4.34. The maximum absolute atomic E-state index is 13.0. The molecule has 10 nitrogen and oxygen atoms in total. The second-order valence-corrected chi connectivity index (χ2v) is 6.73. The molecule has 3 rings (SSSR count). The van der Waals surface area contributed by atoms with Crippen LogP contribution in [0, 0.1) is 0 Å². The summed E-state index contributed by atoms with van der Waals surface area (Å²) in [4.78, 5) is 47.5. The zero-order valence-electron chi connectivity index (χ0n) is 18.5. The van der Waals surface area contributed by atoms with Crippen LogP contribution in [0.25, 0.3) is 22.3 Å². The molecule has 1 heterocycles. The van der Waals surface area contributed by atoms with E-state index in [0.29, 0.717) is 5.56 Å². The molecule has 0 unspecified atom stereocenters. The largest absolute Gasteiger partial charge is 0.493 e. The zero-order chi connectivity index (χ0) is 24.3. The number of rotatable bonds is 6. The van der Waals surface area contributed by atoms with Gasteiger partial charge in [0.2, 0.25) is 5.75 Å². The third-order valence-electron chi connectivity index (χ3n) is 4.30. The van der Waals surface area contributed by atoms with Gasteiger partial charge in [0.25, 0.3) is 0 Å². The van der Waals surface area contributed by atoms with Gasteiger partial charge >= 0.3 is 17.9 Å². The third kappa shape index (κ3) is 4.95. The molecule has 0 bridgehead atoms. The number of benzene rings is 2. The van der Waals surface area contributed by atoms with Crippen molar-refractivity contribution in [3.8, 4) is 40.1 Å². The Morgan fingerprint density at radius 2 is 1.36 bits per heavy atom. The highest BCUT2D eigenvalue weighted by molar-refractivity contribution is 5.93. The molecule has 0 radical (unpaired) electrons. The monoisotopic (exact) mass is 456 g/mol. The first-order chi connectivity index (χ1) is 15.6. The molecule has 0 aliphatic carbocycles. The molecule has 0 aliphatic rings. The minimum Gasteiger partial charge on any atom is -0.493 e. The van der Waals surface area contributed by atoms with Crippen LogP contribution in [0.5, 0.6) is 28.7 Å². The second kappa shape index (κ2) is 9.43. The van der Waals surface area contributed by atoms with Crippen molar-refractivity contribution >= 4 is 28.9 Å². The summed E-state index contributed by atoms with van der Waals surface area (Å²) in [5.74, 6) is -1.79. The molecule has 0 spiro atoms. The van der Waals surface area contributed by atoms with Gasteiger partial charge in [-0.25, -0.2) is 0 Å². The topological polar surface area (TPSA) is 128 Å². The van der Waals surface area contributed by atoms with Gasteiger partial charge in [-0.1, -0.05) is 0 Å². The highest BCUT2D eigenvalue weighted by Gasteiger charge is 2.24. The van der Waals surface area contributed by atoms with Crippen molar-refractivity contribution in [2.75, 3.05) is 14.2 Å². The lowest BCUT2D eigenvalue weighted by Crippen LogP contribution is -2.11. The Morgan fingerprint density at radius 3 is 1.94 bits per heavy atom. The maximum atomic E-state index is 13.0. The first-order valence-electron chi connectivity index (χ1n) is 9.57. The molecular formula is C23H20O10. The summed E-state index contributed by atoms with van der Waals surface area (Å²) in [6.45, 7) is 3.58. The van der Waals surface area contributed by atoms with Gasteiger partial charge in [0.15, 0.2) is 28.4 Å². The van der Waals surface area contributed by atoms with Gasteiger partial charge < -0.3 is 28.1 Å². The summed E-state index contributed by atoms with van der Waals surface area (Å²) < 4.78 is 31.8. The molecule has 2 aromatic carbocycles. The predicted octanol–water partition coefficient (Wildman–Crippen LogP) is 3.25. The first-order valence-corrected chi connectivity index (χ1v) is 9.57. The van der Waals surface area contributed by atoms with Crippen LogP contribution < -0.4 is 29.1 Å². The summed E-state index contributed by atoms with van der Waals surface area (Å²) in [6.07, 6.45) is 0. The second-order valence-electron chi connectivity index (χ2n) is 6.73. The van der Waals surface area contributed by atoms with Crippen LogP contribution in [0.15, 0.2) is 39.5 Å². The Bertz CT molecular complexity index is 1320. The van der Waals surface area contributed by atoms with Crippen LogP contribution in [-0.4, -0.2) is 32.1 Å². The lowest BCUT2D eigenvalue weighted by molar-refractivity contribution is -0.133. The smallest absolute Gasteiger partial charge is 0.308 e. The molecule has 0 fully saturated rings. The number of hydrogen-bond acceptors (Lipinski definition) is 10. The van der Waals surface area contributed by atoms with E-state index in [1.807, 2.05) is 0 Å². The van der Waals surface area contributed by atoms with Gasteiger partial charge in [-0.05, 0) is 18.2 Å². The molecular weight excluding hydrogens is 436 g/mol. The minimum absolute atomic E-state index is 0.0196. The van der Waals surface area contributed by atoms with E-state index in [0.717, 1.165) is 6.92 Å². The van der Waals surface area contributed by atoms with Gasteiger partial charge in [0.1, 0.15) is 16.7 Å². The molecule has 0 amide bonds. The Labute approximate surface area is 187 Å². The average molecular weight is 456 g/mol. The summed E-state index contributed by atoms with van der Waals surface area (Å²) in [7, 11) is 2.67. The molecule has 10 heteroatoms. The fraction of sp³-hybridized carbons (Fsp3) is 0.217. The third-order valence-corrected chi connectivity index (χ3v) is 4.30. The van der Waals surface area contributed by atoms with Gasteiger partial charge in [-0.2, -0.15) is 0 Å². The molecule has 3 aromatic rings. The highest BCUT2D eigenvalue weighted by Crippen LogP contribution is 2.43. The highest BCUT2D eigenvalue weighted by atomic mass is 16.6. The van der Waals surface area contributed by atoms with Gasteiger partial charge in [-0.15, -0.1) is 0 Å². The minimum atomic E-state index is -0.719. The fourth-order valence-electron chi connectivity index (χ4n) is 3.11. The van der Waals surface area contributed by atoms with Crippen molar-refractivity contribution in [3.63, 3.8) is 0 Å². The van der Waals surface area contributed by atoms with E-state index in [1.165, 1.54) is 52.3 Å². The molecule has 0 N–H and O–H groups in total.